The summed E-state index contributed by atoms with van der Waals surface area (Å²) in [5, 5.41) is 29.5. The Morgan fingerprint density at radius 1 is 0.936 bits per heavy atom. The topological polar surface area (TPSA) is 178 Å². The highest BCUT2D eigenvalue weighted by Crippen LogP contribution is 2.32. The van der Waals surface area contributed by atoms with E-state index in [0.717, 1.165) is 38.3 Å². The number of anilines is 1. The first-order valence-corrected chi connectivity index (χ1v) is 14.6. The summed E-state index contributed by atoms with van der Waals surface area (Å²) in [6, 6.07) is 21.8. The van der Waals surface area contributed by atoms with Crippen molar-refractivity contribution >= 4 is 17.9 Å². The van der Waals surface area contributed by atoms with Crippen LogP contribution in [-0.4, -0.2) is 58.0 Å². The zero-order valence-corrected chi connectivity index (χ0v) is 25.5. The first kappa shape index (κ1) is 31.4. The van der Waals surface area contributed by atoms with Crippen LogP contribution in [0.3, 0.4) is 0 Å². The van der Waals surface area contributed by atoms with Crippen molar-refractivity contribution < 1.29 is 34.3 Å². The van der Waals surface area contributed by atoms with Crippen molar-refractivity contribution in [1.82, 2.24) is 35.6 Å². The molecule has 5 aromatic rings. The van der Waals surface area contributed by atoms with Gasteiger partial charge in [-0.05, 0) is 59.9 Å². The smallest absolute Gasteiger partial charge is 0.409 e. The first-order chi connectivity index (χ1) is 22.7. The zero-order valence-electron chi connectivity index (χ0n) is 25.5. The number of carbonyl (C=O) groups excluding carboxylic acids is 2. The van der Waals surface area contributed by atoms with Crippen molar-refractivity contribution in [2.24, 2.45) is 0 Å². The van der Waals surface area contributed by atoms with Crippen LogP contribution in [0.15, 0.2) is 72.8 Å². The maximum absolute atomic E-state index is 12.9. The van der Waals surface area contributed by atoms with E-state index in [1.54, 1.807) is 17.0 Å². The van der Waals surface area contributed by atoms with Gasteiger partial charge in [0, 0.05) is 23.2 Å². The summed E-state index contributed by atoms with van der Waals surface area (Å²) >= 11 is 0. The quantitative estimate of drug-likeness (QED) is 0.123. The van der Waals surface area contributed by atoms with E-state index in [4.69, 9.17) is 19.9 Å². The molecule has 0 saturated heterocycles. The average Bonchev–Trinajstić information content (AvgIpc) is 3.54. The fourth-order valence-electron chi connectivity index (χ4n) is 5.26. The number of aromatic nitrogens is 6. The van der Waals surface area contributed by atoms with Gasteiger partial charge in [-0.1, -0.05) is 60.7 Å². The fraction of sp³-hybridized carbons (Fsp3) is 0.219. The summed E-state index contributed by atoms with van der Waals surface area (Å²) in [4.78, 5) is 41.6. The summed E-state index contributed by atoms with van der Waals surface area (Å²) in [7, 11) is 0. The van der Waals surface area contributed by atoms with Crippen LogP contribution in [0, 0.1) is 13.8 Å². The molecule has 0 unspecified atom stereocenters. The van der Waals surface area contributed by atoms with Crippen molar-refractivity contribution in [3.05, 3.63) is 101 Å². The molecule has 0 bridgehead atoms. The van der Waals surface area contributed by atoms with Crippen LogP contribution in [0.2, 0.25) is 0 Å². The molecule has 0 spiro atoms. The molecule has 0 aliphatic carbocycles. The van der Waals surface area contributed by atoms with E-state index in [0.29, 0.717) is 42.4 Å². The van der Waals surface area contributed by atoms with Gasteiger partial charge in [0.2, 0.25) is 18.5 Å². The predicted molar refractivity (Wildman–Crippen MR) is 163 cm³/mol. The molecule has 0 saturated carbocycles. The summed E-state index contributed by atoms with van der Waals surface area (Å²) in [5.41, 5.74) is 5.90. The van der Waals surface area contributed by atoms with Crippen molar-refractivity contribution in [3.63, 3.8) is 0 Å². The van der Waals surface area contributed by atoms with Crippen molar-refractivity contribution in [1.29, 1.82) is 0 Å². The molecule has 240 valence electrons. The van der Waals surface area contributed by atoms with Crippen LogP contribution >= 0.6 is 0 Å². The number of amides is 1. The number of aryl methyl sites for hydroxylation is 2. The zero-order chi connectivity index (χ0) is 32.9. The van der Waals surface area contributed by atoms with Gasteiger partial charge in [0.05, 0.1) is 18.5 Å². The molecule has 6 rings (SSSR count). The second kappa shape index (κ2) is 13.8. The van der Waals surface area contributed by atoms with Crippen molar-refractivity contribution in [2.75, 3.05) is 4.90 Å². The lowest BCUT2D eigenvalue weighted by molar-refractivity contribution is -0.497. The molecule has 47 heavy (non-hydrogen) atoms. The summed E-state index contributed by atoms with van der Waals surface area (Å²) < 4.78 is 10.3. The van der Waals surface area contributed by atoms with E-state index in [2.05, 4.69) is 30.2 Å². The van der Waals surface area contributed by atoms with Gasteiger partial charge in [-0.15, -0.1) is 15.0 Å². The monoisotopic (exact) mass is 638 g/mol. The fourth-order valence-corrected chi connectivity index (χ4v) is 5.26. The Kier molecular flexibility index (Phi) is 9.21. The van der Waals surface area contributed by atoms with Crippen molar-refractivity contribution in [3.8, 4) is 28.3 Å². The SMILES string of the molecule is Cc1nc(C)c2c(n1)N(Cc1ccc(-c3ccccc3-c3nnn(COC(=O)Oc4cccc(CON(O)O)c4)n3)cc1)C(=O)CC2. The van der Waals surface area contributed by atoms with Gasteiger partial charge in [-0.3, -0.25) is 20.1 Å². The van der Waals surface area contributed by atoms with Gasteiger partial charge in [0.15, 0.2) is 0 Å². The maximum atomic E-state index is 12.9. The molecular formula is C32H30N8O7. The number of tetrazole rings is 1. The summed E-state index contributed by atoms with van der Waals surface area (Å²) in [5.74, 6) is 1.85. The molecule has 15 nitrogen and oxygen atoms in total. The predicted octanol–water partition coefficient (Wildman–Crippen LogP) is 4.58. The molecule has 1 aliphatic rings. The Balaban J connectivity index is 1.11. The molecule has 15 heteroatoms. The normalized spacial score (nSPS) is 12.7. The lowest BCUT2D eigenvalue weighted by atomic mass is 9.98. The summed E-state index contributed by atoms with van der Waals surface area (Å²) in [6.45, 7) is 3.67. The Labute approximate surface area is 268 Å². The van der Waals surface area contributed by atoms with Gasteiger partial charge in [0.1, 0.15) is 17.4 Å². The molecule has 0 radical (unpaired) electrons. The molecule has 1 amide bonds. The number of ether oxygens (including phenoxy) is 2. The third-order valence-electron chi connectivity index (χ3n) is 7.42. The molecule has 3 aromatic carbocycles. The number of benzene rings is 3. The molecule has 0 fully saturated rings. The average molecular weight is 639 g/mol. The van der Waals surface area contributed by atoms with Gasteiger partial charge in [-0.2, -0.15) is 0 Å². The Hall–Kier alpha value is -5.61. The van der Waals surface area contributed by atoms with E-state index in [9.17, 15) is 9.59 Å². The molecule has 3 heterocycles. The minimum Gasteiger partial charge on any atom is -0.409 e. The third-order valence-corrected chi connectivity index (χ3v) is 7.42. The molecule has 0 atom stereocenters. The van der Waals surface area contributed by atoms with E-state index in [1.807, 2.05) is 62.4 Å². The van der Waals surface area contributed by atoms with Crippen LogP contribution in [0.5, 0.6) is 5.75 Å². The highest BCUT2D eigenvalue weighted by Gasteiger charge is 2.28. The number of hydrogen-bond acceptors (Lipinski definition) is 13. The molecule has 1 aliphatic heterocycles. The number of nitrogens with zero attached hydrogens (tertiary/aromatic N) is 8. The van der Waals surface area contributed by atoms with Gasteiger partial charge >= 0.3 is 6.16 Å². The molecule has 2 N–H and O–H groups in total. The van der Waals surface area contributed by atoms with Gasteiger partial charge in [-0.25, -0.2) is 19.6 Å². The first-order valence-electron chi connectivity index (χ1n) is 14.6. The van der Waals surface area contributed by atoms with Gasteiger partial charge in [0.25, 0.3) is 0 Å². The third kappa shape index (κ3) is 7.45. The van der Waals surface area contributed by atoms with E-state index in [-0.39, 0.29) is 25.0 Å². The van der Waals surface area contributed by atoms with Crippen molar-refractivity contribution in [2.45, 2.75) is 46.6 Å². The van der Waals surface area contributed by atoms with Crippen LogP contribution in [0.4, 0.5) is 10.6 Å². The minimum absolute atomic E-state index is 0.0365. The van der Waals surface area contributed by atoms with Crippen LogP contribution in [0.1, 0.15) is 34.6 Å². The Bertz CT molecular complexity index is 1910. The van der Waals surface area contributed by atoms with Crippen LogP contribution in [-0.2, 0) is 40.7 Å². The van der Waals surface area contributed by atoms with Crippen LogP contribution < -0.4 is 9.64 Å². The number of fused-ring (bicyclic) bond motifs is 1. The number of rotatable bonds is 10. The highest BCUT2D eigenvalue weighted by molar-refractivity contribution is 5.95. The highest BCUT2D eigenvalue weighted by atomic mass is 17.1. The second-order valence-electron chi connectivity index (χ2n) is 10.7. The molecular weight excluding hydrogens is 608 g/mol. The lowest BCUT2D eigenvalue weighted by Gasteiger charge is -2.29. The van der Waals surface area contributed by atoms with Gasteiger partial charge < -0.3 is 9.47 Å². The maximum Gasteiger partial charge on any atom is 0.515 e. The van der Waals surface area contributed by atoms with E-state index >= 15 is 0 Å². The lowest BCUT2D eigenvalue weighted by Crippen LogP contribution is -2.36. The Morgan fingerprint density at radius 3 is 2.51 bits per heavy atom. The minimum atomic E-state index is -0.999. The second-order valence-corrected chi connectivity index (χ2v) is 10.7. The number of hydrogen-bond donors (Lipinski definition) is 2. The van der Waals surface area contributed by atoms with E-state index in [1.165, 1.54) is 12.1 Å². The largest absolute Gasteiger partial charge is 0.515 e. The van der Waals surface area contributed by atoms with E-state index < -0.39 is 11.5 Å². The Morgan fingerprint density at radius 2 is 1.72 bits per heavy atom. The standard InChI is InChI=1S/C32H30N8O7/c1-20-26-14-15-29(41)38(31(26)34-21(2)33-20)17-22-10-12-24(13-11-22)27-8-3-4-9-28(27)30-35-37-39(36-30)19-45-32(42)47-25-7-5-6-23(16-25)18-46-40(43)44/h3-13,16,43-44H,14-15,17-19H2,1-2H3. The summed E-state index contributed by atoms with van der Waals surface area (Å²) in [6.07, 6.45) is 0.0675. The number of carbonyl (C=O) groups is 2. The van der Waals surface area contributed by atoms with Crippen LogP contribution in [0.25, 0.3) is 22.5 Å². The molecule has 2 aromatic heterocycles.